The predicted molar refractivity (Wildman–Crippen MR) is 84.4 cm³/mol. The van der Waals surface area contributed by atoms with Crippen LogP contribution >= 0.6 is 11.8 Å². The van der Waals surface area contributed by atoms with Gasteiger partial charge >= 0.3 is 0 Å². The van der Waals surface area contributed by atoms with Crippen molar-refractivity contribution in [2.75, 3.05) is 35.6 Å². The highest BCUT2D eigenvalue weighted by molar-refractivity contribution is 8.00. The fourth-order valence-corrected chi connectivity index (χ4v) is 3.38. The van der Waals surface area contributed by atoms with Crippen molar-refractivity contribution >= 4 is 23.4 Å². The van der Waals surface area contributed by atoms with Crippen LogP contribution < -0.4 is 10.2 Å². The molecule has 0 radical (unpaired) electrons. The zero-order valence-electron chi connectivity index (χ0n) is 12.4. The number of nitrogens with one attached hydrogen (secondary N) is 1. The van der Waals surface area contributed by atoms with Gasteiger partial charge in [0.05, 0.1) is 0 Å². The van der Waals surface area contributed by atoms with Crippen LogP contribution in [-0.2, 0) is 6.42 Å². The molecule has 2 rings (SSSR count). The van der Waals surface area contributed by atoms with Crippen molar-refractivity contribution in [2.45, 2.75) is 39.4 Å². The second-order valence-electron chi connectivity index (χ2n) is 4.95. The normalized spacial score (nSPS) is 19.6. The molecule has 0 aromatic carbocycles. The van der Waals surface area contributed by atoms with E-state index in [1.54, 1.807) is 0 Å². The number of thioether (sulfide) groups is 1. The SMILES string of the molecule is CCNc1nc(CC)nc(N2CCSC(C)C2)c1C. The molecule has 1 aliphatic rings. The summed E-state index contributed by atoms with van der Waals surface area (Å²) in [5, 5.41) is 4.03. The molecule has 1 aliphatic heterocycles. The Balaban J connectivity index is 2.34. The van der Waals surface area contributed by atoms with E-state index in [-0.39, 0.29) is 0 Å². The van der Waals surface area contributed by atoms with Crippen LogP contribution in [0, 0.1) is 6.92 Å². The molecule has 1 fully saturated rings. The molecule has 4 nitrogen and oxygen atoms in total. The molecule has 1 aromatic rings. The number of rotatable bonds is 4. The largest absolute Gasteiger partial charge is 0.370 e. The quantitative estimate of drug-likeness (QED) is 0.918. The fourth-order valence-electron chi connectivity index (χ4n) is 2.37. The molecule has 1 N–H and O–H groups in total. The van der Waals surface area contributed by atoms with E-state index in [0.717, 1.165) is 43.5 Å². The van der Waals surface area contributed by atoms with Gasteiger partial charge in [0.1, 0.15) is 17.5 Å². The van der Waals surface area contributed by atoms with Crippen molar-refractivity contribution in [1.82, 2.24) is 9.97 Å². The summed E-state index contributed by atoms with van der Waals surface area (Å²) < 4.78 is 0. The molecule has 0 aliphatic carbocycles. The fraction of sp³-hybridized carbons (Fsp3) is 0.714. The van der Waals surface area contributed by atoms with Crippen LogP contribution in [0.4, 0.5) is 11.6 Å². The third-order valence-corrected chi connectivity index (χ3v) is 4.50. The number of nitrogens with zero attached hydrogens (tertiary/aromatic N) is 3. The molecule has 0 spiro atoms. The lowest BCUT2D eigenvalue weighted by atomic mass is 10.2. The van der Waals surface area contributed by atoms with Crippen molar-refractivity contribution in [3.8, 4) is 0 Å². The molecule has 0 amide bonds. The number of anilines is 2. The van der Waals surface area contributed by atoms with Gasteiger partial charge in [0.25, 0.3) is 0 Å². The van der Waals surface area contributed by atoms with Crippen LogP contribution in [-0.4, -0.2) is 40.6 Å². The van der Waals surface area contributed by atoms with Gasteiger partial charge in [-0.1, -0.05) is 13.8 Å². The molecule has 5 heteroatoms. The van der Waals surface area contributed by atoms with Gasteiger partial charge in [-0.3, -0.25) is 0 Å². The average molecular weight is 280 g/mol. The third kappa shape index (κ3) is 3.32. The number of hydrogen-bond donors (Lipinski definition) is 1. The van der Waals surface area contributed by atoms with Gasteiger partial charge in [0.15, 0.2) is 0 Å². The Labute approximate surface area is 120 Å². The van der Waals surface area contributed by atoms with Crippen molar-refractivity contribution in [2.24, 2.45) is 0 Å². The van der Waals surface area contributed by atoms with Crippen molar-refractivity contribution in [3.05, 3.63) is 11.4 Å². The first kappa shape index (κ1) is 14.4. The molecular formula is C14H24N4S. The average Bonchev–Trinajstić information content (AvgIpc) is 2.41. The summed E-state index contributed by atoms with van der Waals surface area (Å²) in [6.07, 6.45) is 0.879. The Morgan fingerprint density at radius 2 is 2.16 bits per heavy atom. The predicted octanol–water partition coefficient (Wildman–Crippen LogP) is 2.72. The summed E-state index contributed by atoms with van der Waals surface area (Å²) in [7, 11) is 0. The summed E-state index contributed by atoms with van der Waals surface area (Å²) in [6, 6.07) is 0. The van der Waals surface area contributed by atoms with Crippen LogP contribution in [0.5, 0.6) is 0 Å². The maximum absolute atomic E-state index is 4.76. The molecule has 1 atom stereocenters. The van der Waals surface area contributed by atoms with E-state index >= 15 is 0 Å². The first-order valence-electron chi connectivity index (χ1n) is 7.13. The Hall–Kier alpha value is -0.970. The van der Waals surface area contributed by atoms with Gasteiger partial charge in [-0.15, -0.1) is 0 Å². The highest BCUT2D eigenvalue weighted by Gasteiger charge is 2.21. The summed E-state index contributed by atoms with van der Waals surface area (Å²) in [6.45, 7) is 11.7. The minimum absolute atomic E-state index is 0.677. The van der Waals surface area contributed by atoms with Crippen molar-refractivity contribution in [3.63, 3.8) is 0 Å². The molecular weight excluding hydrogens is 256 g/mol. The maximum Gasteiger partial charge on any atom is 0.137 e. The molecule has 1 unspecified atom stereocenters. The van der Waals surface area contributed by atoms with E-state index < -0.39 is 0 Å². The summed E-state index contributed by atoms with van der Waals surface area (Å²) in [4.78, 5) is 11.8. The molecule has 1 aromatic heterocycles. The third-order valence-electron chi connectivity index (χ3n) is 3.37. The molecule has 1 saturated heterocycles. The van der Waals surface area contributed by atoms with Gasteiger partial charge in [0, 0.05) is 42.6 Å². The Kier molecular flexibility index (Phi) is 4.91. The van der Waals surface area contributed by atoms with Crippen LogP contribution in [0.15, 0.2) is 0 Å². The maximum atomic E-state index is 4.76. The van der Waals surface area contributed by atoms with Gasteiger partial charge < -0.3 is 10.2 Å². The van der Waals surface area contributed by atoms with Gasteiger partial charge in [-0.25, -0.2) is 9.97 Å². The van der Waals surface area contributed by atoms with Crippen LogP contribution in [0.2, 0.25) is 0 Å². The lowest BCUT2D eigenvalue weighted by Gasteiger charge is -2.33. The Morgan fingerprint density at radius 1 is 1.37 bits per heavy atom. The van der Waals surface area contributed by atoms with E-state index in [4.69, 9.17) is 4.98 Å². The van der Waals surface area contributed by atoms with E-state index in [2.05, 4.69) is 42.9 Å². The molecule has 0 bridgehead atoms. The van der Waals surface area contributed by atoms with Crippen molar-refractivity contribution in [1.29, 1.82) is 0 Å². The van der Waals surface area contributed by atoms with Gasteiger partial charge in [-0.2, -0.15) is 11.8 Å². The smallest absolute Gasteiger partial charge is 0.137 e. The second kappa shape index (κ2) is 6.46. The first-order chi connectivity index (χ1) is 9.15. The number of aromatic nitrogens is 2. The summed E-state index contributed by atoms with van der Waals surface area (Å²) >= 11 is 2.05. The standard InChI is InChI=1S/C14H24N4S/c1-5-12-16-13(15-6-2)11(4)14(17-12)18-7-8-19-10(3)9-18/h10H,5-9H2,1-4H3,(H,15,16,17). The lowest BCUT2D eigenvalue weighted by Crippen LogP contribution is -2.38. The zero-order chi connectivity index (χ0) is 13.8. The Bertz CT molecular complexity index is 436. The Morgan fingerprint density at radius 3 is 2.79 bits per heavy atom. The summed E-state index contributed by atoms with van der Waals surface area (Å²) in [5.41, 5.74) is 1.18. The van der Waals surface area contributed by atoms with E-state index in [1.807, 2.05) is 11.8 Å². The minimum Gasteiger partial charge on any atom is -0.370 e. The van der Waals surface area contributed by atoms with E-state index in [9.17, 15) is 0 Å². The molecule has 2 heterocycles. The zero-order valence-corrected chi connectivity index (χ0v) is 13.2. The highest BCUT2D eigenvalue weighted by Crippen LogP contribution is 2.28. The second-order valence-corrected chi connectivity index (χ2v) is 6.49. The topological polar surface area (TPSA) is 41.1 Å². The van der Waals surface area contributed by atoms with Crippen LogP contribution in [0.1, 0.15) is 32.2 Å². The minimum atomic E-state index is 0.677. The molecule has 0 saturated carbocycles. The highest BCUT2D eigenvalue weighted by atomic mass is 32.2. The van der Waals surface area contributed by atoms with Crippen LogP contribution in [0.3, 0.4) is 0 Å². The number of aryl methyl sites for hydroxylation is 1. The summed E-state index contributed by atoms with van der Waals surface area (Å²) in [5.74, 6) is 4.23. The van der Waals surface area contributed by atoms with Gasteiger partial charge in [-0.05, 0) is 13.8 Å². The lowest BCUT2D eigenvalue weighted by molar-refractivity contribution is 0.756. The molecule has 19 heavy (non-hydrogen) atoms. The van der Waals surface area contributed by atoms with Crippen LogP contribution in [0.25, 0.3) is 0 Å². The molecule has 106 valence electrons. The van der Waals surface area contributed by atoms with Crippen molar-refractivity contribution < 1.29 is 0 Å². The van der Waals surface area contributed by atoms with E-state index in [0.29, 0.717) is 5.25 Å². The first-order valence-corrected chi connectivity index (χ1v) is 8.18. The van der Waals surface area contributed by atoms with E-state index in [1.165, 1.54) is 11.3 Å². The number of hydrogen-bond acceptors (Lipinski definition) is 5. The van der Waals surface area contributed by atoms with Gasteiger partial charge in [0.2, 0.25) is 0 Å². The monoisotopic (exact) mass is 280 g/mol.